The molecule has 1 aromatic carbocycles. The van der Waals surface area contributed by atoms with Gasteiger partial charge in [-0.25, -0.2) is 23.4 Å². The number of nitrogens with one attached hydrogen (secondary N) is 1. The number of carbonyl (C=O) groups excluding carboxylic acids is 1. The Hall–Kier alpha value is -4.61. The van der Waals surface area contributed by atoms with Crippen LogP contribution in [0.5, 0.6) is 0 Å². The lowest BCUT2D eigenvalue weighted by Crippen LogP contribution is -2.49. The topological polar surface area (TPSA) is 124 Å². The third-order valence-corrected chi connectivity index (χ3v) is 9.47. The first-order valence-corrected chi connectivity index (χ1v) is 15.7. The van der Waals surface area contributed by atoms with E-state index in [-0.39, 0.29) is 35.5 Å². The summed E-state index contributed by atoms with van der Waals surface area (Å²) in [7, 11) is 0. The number of aromatic amines is 1. The SMILES string of the molecule is CC(C)(C)N(C(=O)O)[C@@H]1c2cccnc2[C@@H](CC(=O)N2CCC(n3c(=O)[nH]c4ncccc43)CC2)CC[C@H]1c1cccc(F)c1F. The average molecular weight is 633 g/mol. The molecule has 1 fully saturated rings. The van der Waals surface area contributed by atoms with E-state index in [1.807, 2.05) is 11.0 Å². The molecule has 0 radical (unpaired) electrons. The van der Waals surface area contributed by atoms with Crippen molar-refractivity contribution in [1.82, 2.24) is 29.3 Å². The standard InChI is InChI=1S/C34H38F2N6O4/c1-34(2,3)42(33(45)46)30-23(22-7-4-9-25(35)28(22)36)12-11-20(29-24(30)8-5-15-37-29)19-27(43)40-17-13-21(14-18-40)41-26-10-6-16-38-31(26)39-32(41)44/h4-10,15-16,20-21,23,30H,11-14,17-19H2,1-3H3,(H,45,46)(H,38,39,44)/t20-,23+,30+/m1/s1. The Balaban J connectivity index is 1.28. The smallest absolute Gasteiger partial charge is 0.408 e. The number of rotatable bonds is 5. The van der Waals surface area contributed by atoms with Crippen molar-refractivity contribution in [2.24, 2.45) is 0 Å². The van der Waals surface area contributed by atoms with Crippen LogP contribution >= 0.6 is 0 Å². The zero-order valence-electron chi connectivity index (χ0n) is 26.1. The number of hydrogen-bond acceptors (Lipinski definition) is 5. The minimum absolute atomic E-state index is 0.0640. The molecule has 12 heteroatoms. The molecular weight excluding hydrogens is 594 g/mol. The maximum Gasteiger partial charge on any atom is 0.408 e. The summed E-state index contributed by atoms with van der Waals surface area (Å²) in [5.41, 5.74) is 1.47. The molecular formula is C34H38F2N6O4. The van der Waals surface area contributed by atoms with Gasteiger partial charge in [0, 0.05) is 61.0 Å². The van der Waals surface area contributed by atoms with Crippen LogP contribution in [0.2, 0.25) is 0 Å². The minimum Gasteiger partial charge on any atom is -0.465 e. The fourth-order valence-corrected chi connectivity index (χ4v) is 7.42. The lowest BCUT2D eigenvalue weighted by molar-refractivity contribution is -0.133. The molecule has 242 valence electrons. The average Bonchev–Trinajstić information content (AvgIpc) is 3.28. The largest absolute Gasteiger partial charge is 0.465 e. The molecule has 0 bridgehead atoms. The van der Waals surface area contributed by atoms with Crippen molar-refractivity contribution in [2.75, 3.05) is 13.1 Å². The predicted octanol–water partition coefficient (Wildman–Crippen LogP) is 6.13. The third-order valence-electron chi connectivity index (χ3n) is 9.47. The van der Waals surface area contributed by atoms with Gasteiger partial charge in [0.25, 0.3) is 0 Å². The summed E-state index contributed by atoms with van der Waals surface area (Å²) in [6.45, 7) is 6.26. The molecule has 3 aromatic heterocycles. The quantitative estimate of drug-likeness (QED) is 0.255. The number of fused-ring (bicyclic) bond motifs is 2. The number of piperidine rings is 1. The second-order valence-corrected chi connectivity index (χ2v) is 13.3. The summed E-state index contributed by atoms with van der Waals surface area (Å²) < 4.78 is 31.6. The molecule has 3 atom stereocenters. The van der Waals surface area contributed by atoms with Gasteiger partial charge in [-0.15, -0.1) is 0 Å². The molecule has 10 nitrogen and oxygen atoms in total. The van der Waals surface area contributed by atoms with Crippen LogP contribution < -0.4 is 5.69 Å². The van der Waals surface area contributed by atoms with Crippen LogP contribution in [0.1, 0.15) is 93.6 Å². The molecule has 2 N–H and O–H groups in total. The number of hydrogen-bond donors (Lipinski definition) is 2. The van der Waals surface area contributed by atoms with Gasteiger partial charge < -0.3 is 10.0 Å². The van der Waals surface area contributed by atoms with Crippen molar-refractivity contribution >= 4 is 23.2 Å². The number of benzene rings is 1. The molecule has 4 aromatic rings. The van der Waals surface area contributed by atoms with E-state index < -0.39 is 35.2 Å². The summed E-state index contributed by atoms with van der Waals surface area (Å²) >= 11 is 0. The lowest BCUT2D eigenvalue weighted by atomic mass is 9.82. The number of carbonyl (C=O) groups is 2. The Bertz CT molecular complexity index is 1820. The van der Waals surface area contributed by atoms with Gasteiger partial charge in [0.2, 0.25) is 5.91 Å². The number of H-pyrrole nitrogens is 1. The highest BCUT2D eigenvalue weighted by Crippen LogP contribution is 2.49. The zero-order valence-corrected chi connectivity index (χ0v) is 26.1. The van der Waals surface area contributed by atoms with Crippen molar-refractivity contribution in [1.29, 1.82) is 0 Å². The Morgan fingerprint density at radius 2 is 1.67 bits per heavy atom. The second kappa shape index (κ2) is 12.3. The van der Waals surface area contributed by atoms with Crippen LogP contribution in [-0.4, -0.2) is 65.1 Å². The lowest BCUT2D eigenvalue weighted by Gasteiger charge is -2.43. The Labute approximate surface area is 265 Å². The fourth-order valence-electron chi connectivity index (χ4n) is 7.42. The van der Waals surface area contributed by atoms with E-state index in [2.05, 4.69) is 15.0 Å². The minimum atomic E-state index is -1.18. The molecule has 1 aliphatic heterocycles. The Morgan fingerprint density at radius 3 is 2.39 bits per heavy atom. The van der Waals surface area contributed by atoms with Gasteiger partial charge in [0.1, 0.15) is 0 Å². The first-order valence-electron chi connectivity index (χ1n) is 15.7. The molecule has 1 saturated heterocycles. The first-order chi connectivity index (χ1) is 22.0. The number of carboxylic acid groups (broad SMARTS) is 1. The van der Waals surface area contributed by atoms with Gasteiger partial charge in [-0.1, -0.05) is 18.2 Å². The number of halogens is 2. The summed E-state index contributed by atoms with van der Waals surface area (Å²) in [6, 6.07) is 10.2. The van der Waals surface area contributed by atoms with Gasteiger partial charge in [-0.05, 0) is 81.8 Å². The molecule has 0 unspecified atom stereocenters. The van der Waals surface area contributed by atoms with E-state index >= 15 is 4.39 Å². The van der Waals surface area contributed by atoms with Crippen LogP contribution in [0.15, 0.2) is 59.7 Å². The van der Waals surface area contributed by atoms with Crippen molar-refractivity contribution in [2.45, 2.75) is 82.3 Å². The van der Waals surface area contributed by atoms with E-state index in [1.165, 1.54) is 17.0 Å². The van der Waals surface area contributed by atoms with E-state index in [4.69, 9.17) is 0 Å². The van der Waals surface area contributed by atoms with Gasteiger partial charge in [-0.3, -0.25) is 24.2 Å². The number of imidazole rings is 1. The number of amides is 2. The summed E-state index contributed by atoms with van der Waals surface area (Å²) in [6.07, 6.45) is 4.17. The zero-order chi connectivity index (χ0) is 32.7. The van der Waals surface area contributed by atoms with Crippen molar-refractivity contribution in [3.8, 4) is 0 Å². The number of pyridine rings is 2. The van der Waals surface area contributed by atoms with Gasteiger partial charge in [0.15, 0.2) is 17.3 Å². The molecule has 6 rings (SSSR count). The molecule has 2 amide bonds. The van der Waals surface area contributed by atoms with Gasteiger partial charge in [-0.2, -0.15) is 0 Å². The highest BCUT2D eigenvalue weighted by molar-refractivity contribution is 5.77. The van der Waals surface area contributed by atoms with E-state index in [0.717, 1.165) is 11.6 Å². The fraction of sp³-hybridized carbons (Fsp3) is 0.441. The monoisotopic (exact) mass is 632 g/mol. The molecule has 0 saturated carbocycles. The van der Waals surface area contributed by atoms with Crippen LogP contribution in [0.25, 0.3) is 11.2 Å². The number of likely N-dealkylation sites (tertiary alicyclic amines) is 1. The number of nitrogens with zero attached hydrogens (tertiary/aromatic N) is 5. The molecule has 46 heavy (non-hydrogen) atoms. The highest BCUT2D eigenvalue weighted by Gasteiger charge is 2.44. The van der Waals surface area contributed by atoms with Crippen LogP contribution in [0, 0.1) is 11.6 Å². The summed E-state index contributed by atoms with van der Waals surface area (Å²) in [4.78, 5) is 54.2. The Morgan fingerprint density at radius 1 is 0.978 bits per heavy atom. The first kappa shape index (κ1) is 31.4. The predicted molar refractivity (Wildman–Crippen MR) is 167 cm³/mol. The summed E-state index contributed by atoms with van der Waals surface area (Å²) in [5, 5.41) is 10.5. The van der Waals surface area contributed by atoms with Crippen LogP contribution in [0.4, 0.5) is 13.6 Å². The van der Waals surface area contributed by atoms with Gasteiger partial charge in [0.05, 0.1) is 11.6 Å². The second-order valence-electron chi connectivity index (χ2n) is 13.3. The normalized spacial score (nSPS) is 20.7. The molecule has 4 heterocycles. The summed E-state index contributed by atoms with van der Waals surface area (Å²) in [5.74, 6) is -3.13. The molecule has 2 aliphatic rings. The van der Waals surface area contributed by atoms with E-state index in [1.54, 1.807) is 55.9 Å². The van der Waals surface area contributed by atoms with Crippen molar-refractivity contribution < 1.29 is 23.5 Å². The van der Waals surface area contributed by atoms with E-state index in [9.17, 15) is 23.9 Å². The van der Waals surface area contributed by atoms with Crippen molar-refractivity contribution in [3.63, 3.8) is 0 Å². The van der Waals surface area contributed by atoms with Crippen LogP contribution in [-0.2, 0) is 4.79 Å². The molecule has 0 spiro atoms. The van der Waals surface area contributed by atoms with Crippen molar-refractivity contribution in [3.05, 3.63) is 93.8 Å². The number of aromatic nitrogens is 4. The Kier molecular flexibility index (Phi) is 8.39. The highest BCUT2D eigenvalue weighted by atomic mass is 19.2. The maximum absolute atomic E-state index is 15.4. The third kappa shape index (κ3) is 5.76. The van der Waals surface area contributed by atoms with Gasteiger partial charge >= 0.3 is 11.8 Å². The van der Waals surface area contributed by atoms with E-state index in [0.29, 0.717) is 55.7 Å². The molecule has 1 aliphatic carbocycles. The van der Waals surface area contributed by atoms with Crippen LogP contribution in [0.3, 0.4) is 0 Å². The maximum atomic E-state index is 15.4.